The third-order valence-corrected chi connectivity index (χ3v) is 4.12. The summed E-state index contributed by atoms with van der Waals surface area (Å²) in [4.78, 5) is 28.1. The number of fused-ring (bicyclic) bond motifs is 1. The number of Topliss-reactive ketones (excluding diaryl/α,β-unsaturated/α-hetero) is 1. The molecule has 1 N–H and O–H groups in total. The number of aromatic nitrogens is 1. The maximum Gasteiger partial charge on any atom is 0.342 e. The average molecular weight is 358 g/mol. The van der Waals surface area contributed by atoms with Crippen LogP contribution in [0.3, 0.4) is 0 Å². The molecule has 1 aromatic heterocycles. The molecule has 6 heteroatoms. The van der Waals surface area contributed by atoms with Gasteiger partial charge in [0, 0.05) is 27.7 Å². The molecular weight excluding hydrogens is 342 g/mol. The van der Waals surface area contributed by atoms with Gasteiger partial charge in [-0.05, 0) is 31.2 Å². The first-order chi connectivity index (χ1) is 12.0. The molecule has 1 heterocycles. The van der Waals surface area contributed by atoms with Gasteiger partial charge >= 0.3 is 5.97 Å². The molecule has 0 aliphatic rings. The van der Waals surface area contributed by atoms with Crippen molar-refractivity contribution in [2.24, 2.45) is 0 Å². The largest absolute Gasteiger partial charge is 0.496 e. The van der Waals surface area contributed by atoms with E-state index in [0.717, 1.165) is 10.9 Å². The van der Waals surface area contributed by atoms with Crippen LogP contribution in [0.2, 0.25) is 5.02 Å². The Morgan fingerprint density at radius 3 is 2.64 bits per heavy atom. The molecular formula is C19H16ClNO4. The number of para-hydroxylation sites is 1. The molecule has 3 aromatic rings. The Kier molecular flexibility index (Phi) is 4.76. The van der Waals surface area contributed by atoms with Gasteiger partial charge in [-0.2, -0.15) is 0 Å². The quantitative estimate of drug-likeness (QED) is 0.547. The van der Waals surface area contributed by atoms with E-state index >= 15 is 0 Å². The summed E-state index contributed by atoms with van der Waals surface area (Å²) in [7, 11) is 1.44. The van der Waals surface area contributed by atoms with Crippen molar-refractivity contribution in [2.75, 3.05) is 7.11 Å². The number of H-pyrrole nitrogens is 1. The van der Waals surface area contributed by atoms with Crippen LogP contribution in [0.1, 0.15) is 27.6 Å². The molecule has 0 fully saturated rings. The van der Waals surface area contributed by atoms with Gasteiger partial charge in [0.25, 0.3) is 0 Å². The number of benzene rings is 2. The number of hydrogen-bond acceptors (Lipinski definition) is 4. The summed E-state index contributed by atoms with van der Waals surface area (Å²) in [5.41, 5.74) is 1.50. The lowest BCUT2D eigenvalue weighted by Crippen LogP contribution is -2.24. The fraction of sp³-hybridized carbons (Fsp3) is 0.158. The van der Waals surface area contributed by atoms with E-state index in [0.29, 0.717) is 16.3 Å². The summed E-state index contributed by atoms with van der Waals surface area (Å²) >= 11 is 5.93. The predicted octanol–water partition coefficient (Wildman–Crippen LogP) is 4.26. The van der Waals surface area contributed by atoms with E-state index < -0.39 is 12.1 Å². The van der Waals surface area contributed by atoms with Crippen LogP contribution in [0.15, 0.2) is 48.7 Å². The smallest absolute Gasteiger partial charge is 0.342 e. The first-order valence-corrected chi connectivity index (χ1v) is 8.04. The van der Waals surface area contributed by atoms with E-state index in [-0.39, 0.29) is 11.3 Å². The van der Waals surface area contributed by atoms with E-state index in [1.807, 2.05) is 24.3 Å². The fourth-order valence-corrected chi connectivity index (χ4v) is 2.78. The maximum atomic E-state index is 12.7. The van der Waals surface area contributed by atoms with Gasteiger partial charge in [0.05, 0.1) is 7.11 Å². The zero-order valence-corrected chi connectivity index (χ0v) is 14.5. The number of ether oxygens (including phenoxy) is 2. The van der Waals surface area contributed by atoms with Crippen molar-refractivity contribution < 1.29 is 19.1 Å². The van der Waals surface area contributed by atoms with Crippen molar-refractivity contribution in [1.29, 1.82) is 0 Å². The molecule has 0 saturated heterocycles. The van der Waals surface area contributed by atoms with E-state index in [4.69, 9.17) is 21.1 Å². The number of halogens is 1. The molecule has 25 heavy (non-hydrogen) atoms. The van der Waals surface area contributed by atoms with Crippen LogP contribution < -0.4 is 4.74 Å². The molecule has 0 aliphatic heterocycles. The minimum Gasteiger partial charge on any atom is -0.496 e. The Balaban J connectivity index is 1.82. The summed E-state index contributed by atoms with van der Waals surface area (Å²) in [6.07, 6.45) is 0.674. The first-order valence-electron chi connectivity index (χ1n) is 7.66. The normalized spacial score (nSPS) is 12.0. The van der Waals surface area contributed by atoms with Crippen LogP contribution in [0.25, 0.3) is 10.9 Å². The van der Waals surface area contributed by atoms with Gasteiger partial charge in [0.15, 0.2) is 6.10 Å². The highest BCUT2D eigenvalue weighted by atomic mass is 35.5. The van der Waals surface area contributed by atoms with Crippen molar-refractivity contribution in [2.45, 2.75) is 13.0 Å². The van der Waals surface area contributed by atoms with Gasteiger partial charge in [0.2, 0.25) is 5.78 Å². The number of rotatable bonds is 5. The van der Waals surface area contributed by atoms with E-state index in [2.05, 4.69) is 4.98 Å². The Labute approximate surface area is 149 Å². The third kappa shape index (κ3) is 3.37. The molecule has 5 nitrogen and oxygen atoms in total. The number of carbonyl (C=O) groups is 2. The number of carbonyl (C=O) groups excluding carboxylic acids is 2. The fourth-order valence-electron chi connectivity index (χ4n) is 2.61. The Bertz CT molecular complexity index is 948. The second-order valence-corrected chi connectivity index (χ2v) is 5.94. The van der Waals surface area contributed by atoms with Crippen molar-refractivity contribution in [1.82, 2.24) is 4.98 Å². The van der Waals surface area contributed by atoms with Crippen LogP contribution in [0, 0.1) is 0 Å². The summed E-state index contributed by atoms with van der Waals surface area (Å²) in [5.74, 6) is -0.618. The lowest BCUT2D eigenvalue weighted by Gasteiger charge is -2.14. The molecule has 0 bridgehead atoms. The van der Waals surface area contributed by atoms with Gasteiger partial charge < -0.3 is 14.5 Å². The standard InChI is InChI=1S/C19H16ClNO4/c1-11(18(22)15-10-21-16-6-4-3-5-13(15)16)25-19(23)14-9-12(20)7-8-17(14)24-2/h3-11,21H,1-2H3. The van der Waals surface area contributed by atoms with Gasteiger partial charge in [-0.1, -0.05) is 29.8 Å². The molecule has 0 saturated carbocycles. The zero-order chi connectivity index (χ0) is 18.0. The average Bonchev–Trinajstić information content (AvgIpc) is 3.05. The van der Waals surface area contributed by atoms with Crippen LogP contribution in [0.4, 0.5) is 0 Å². The van der Waals surface area contributed by atoms with Crippen molar-refractivity contribution >= 4 is 34.3 Å². The second-order valence-electron chi connectivity index (χ2n) is 5.50. The minimum atomic E-state index is -0.949. The van der Waals surface area contributed by atoms with E-state index in [1.165, 1.54) is 13.2 Å². The number of nitrogens with one attached hydrogen (secondary N) is 1. The summed E-state index contributed by atoms with van der Waals surface area (Å²) in [6, 6.07) is 12.1. The number of esters is 1. The van der Waals surface area contributed by atoms with Crippen LogP contribution in [0.5, 0.6) is 5.75 Å². The zero-order valence-electron chi connectivity index (χ0n) is 13.7. The molecule has 0 amide bonds. The van der Waals surface area contributed by atoms with Crippen molar-refractivity contribution in [3.8, 4) is 5.75 Å². The summed E-state index contributed by atoms with van der Waals surface area (Å²) < 4.78 is 10.5. The Hall–Kier alpha value is -2.79. The molecule has 0 spiro atoms. The molecule has 128 valence electrons. The molecule has 1 atom stereocenters. The summed E-state index contributed by atoms with van der Waals surface area (Å²) in [6.45, 7) is 1.54. The van der Waals surface area contributed by atoms with Crippen LogP contribution in [-0.2, 0) is 4.74 Å². The van der Waals surface area contributed by atoms with Crippen LogP contribution >= 0.6 is 11.6 Å². The topological polar surface area (TPSA) is 68.4 Å². The van der Waals surface area contributed by atoms with Crippen molar-refractivity contribution in [3.05, 3.63) is 64.8 Å². The highest BCUT2D eigenvalue weighted by molar-refractivity contribution is 6.31. The number of ketones is 1. The monoisotopic (exact) mass is 357 g/mol. The lowest BCUT2D eigenvalue weighted by atomic mass is 10.1. The Morgan fingerprint density at radius 1 is 1.12 bits per heavy atom. The first kappa shape index (κ1) is 17.0. The lowest BCUT2D eigenvalue weighted by molar-refractivity contribution is 0.0316. The second kappa shape index (κ2) is 6.99. The van der Waals surface area contributed by atoms with Gasteiger partial charge in [0.1, 0.15) is 11.3 Å². The predicted molar refractivity (Wildman–Crippen MR) is 95.5 cm³/mol. The number of hydrogen-bond donors (Lipinski definition) is 1. The number of methoxy groups -OCH3 is 1. The molecule has 2 aromatic carbocycles. The SMILES string of the molecule is COc1ccc(Cl)cc1C(=O)OC(C)C(=O)c1c[nH]c2ccccc12. The van der Waals surface area contributed by atoms with Crippen molar-refractivity contribution in [3.63, 3.8) is 0 Å². The molecule has 0 radical (unpaired) electrons. The Morgan fingerprint density at radius 2 is 1.88 bits per heavy atom. The van der Waals surface area contributed by atoms with Gasteiger partial charge in [-0.15, -0.1) is 0 Å². The maximum absolute atomic E-state index is 12.7. The van der Waals surface area contributed by atoms with E-state index in [9.17, 15) is 9.59 Å². The highest BCUT2D eigenvalue weighted by Crippen LogP contribution is 2.25. The highest BCUT2D eigenvalue weighted by Gasteiger charge is 2.24. The van der Waals surface area contributed by atoms with Gasteiger partial charge in [-0.25, -0.2) is 4.79 Å². The van der Waals surface area contributed by atoms with E-state index in [1.54, 1.807) is 25.3 Å². The number of aromatic amines is 1. The summed E-state index contributed by atoms with van der Waals surface area (Å²) in [5, 5.41) is 1.17. The minimum absolute atomic E-state index is 0.175. The molecule has 3 rings (SSSR count). The molecule has 0 aliphatic carbocycles. The third-order valence-electron chi connectivity index (χ3n) is 3.89. The van der Waals surface area contributed by atoms with Crippen LogP contribution in [-0.4, -0.2) is 30.0 Å². The molecule has 1 unspecified atom stereocenters. The van der Waals surface area contributed by atoms with Gasteiger partial charge in [-0.3, -0.25) is 4.79 Å².